The van der Waals surface area contributed by atoms with Crippen molar-refractivity contribution in [3.63, 3.8) is 0 Å². The second kappa shape index (κ2) is 9.87. The number of aromatic nitrogens is 4. The molecular formula is C21H33N7O5. The van der Waals surface area contributed by atoms with Gasteiger partial charge in [-0.15, -0.1) is 0 Å². The number of fused-ring (bicyclic) bond motifs is 1. The number of hydrogen-bond donors (Lipinski definition) is 4. The van der Waals surface area contributed by atoms with Crippen molar-refractivity contribution in [2.75, 3.05) is 25.5 Å². The van der Waals surface area contributed by atoms with Crippen LogP contribution in [0.4, 0.5) is 10.6 Å². The summed E-state index contributed by atoms with van der Waals surface area (Å²) in [5.41, 5.74) is 0.559. The molecule has 0 saturated heterocycles. The Bertz CT molecular complexity index is 987. The molecule has 182 valence electrons. The smallest absolute Gasteiger partial charge is 0.407 e. The van der Waals surface area contributed by atoms with Crippen LogP contribution < -0.4 is 15.5 Å². The largest absolute Gasteiger partial charge is 0.444 e. The summed E-state index contributed by atoms with van der Waals surface area (Å²) in [6, 6.07) is -1.05. The standard InChI is InChI=1S/C21H33N7O5/c1-21(2,3)33-20(32)22-9-8-14(29)26-12-6-7-13(17(31)16(12)30)28-11-25-15-18(27(4)5)23-10-24-19(15)28/h10-13,16-17,30-31H,6-9H2,1-5H3,(H,22,32)(H,26,29)/t12-,13-,16-,17-/m1/s1. The molecule has 2 aromatic heterocycles. The Labute approximate surface area is 192 Å². The summed E-state index contributed by atoms with van der Waals surface area (Å²) < 4.78 is 6.88. The lowest BCUT2D eigenvalue weighted by molar-refractivity contribution is -0.125. The van der Waals surface area contributed by atoms with Crippen LogP contribution in [0.3, 0.4) is 0 Å². The highest BCUT2D eigenvalue weighted by Crippen LogP contribution is 2.32. The third kappa shape index (κ3) is 5.88. The molecule has 2 aromatic rings. The quantitative estimate of drug-likeness (QED) is 0.475. The number of anilines is 1. The van der Waals surface area contributed by atoms with Gasteiger partial charge >= 0.3 is 6.09 Å². The number of rotatable bonds is 6. The molecule has 2 heterocycles. The van der Waals surface area contributed by atoms with Crippen LogP contribution in [0.1, 0.15) is 46.1 Å². The van der Waals surface area contributed by atoms with Gasteiger partial charge in [0.15, 0.2) is 17.0 Å². The minimum atomic E-state index is -1.17. The van der Waals surface area contributed by atoms with Gasteiger partial charge in [0.2, 0.25) is 5.91 Å². The number of carbonyl (C=O) groups is 2. The monoisotopic (exact) mass is 463 g/mol. The summed E-state index contributed by atoms with van der Waals surface area (Å²) in [4.78, 5) is 38.7. The van der Waals surface area contributed by atoms with Crippen LogP contribution in [-0.2, 0) is 9.53 Å². The maximum Gasteiger partial charge on any atom is 0.407 e. The molecule has 2 amide bonds. The molecule has 4 N–H and O–H groups in total. The minimum Gasteiger partial charge on any atom is -0.444 e. The zero-order chi connectivity index (χ0) is 24.3. The van der Waals surface area contributed by atoms with Gasteiger partial charge in [-0.2, -0.15) is 0 Å². The van der Waals surface area contributed by atoms with Gasteiger partial charge in [0, 0.05) is 27.1 Å². The van der Waals surface area contributed by atoms with E-state index >= 15 is 0 Å². The summed E-state index contributed by atoms with van der Waals surface area (Å²) in [5.74, 6) is 0.326. The van der Waals surface area contributed by atoms with E-state index in [1.54, 1.807) is 31.7 Å². The number of hydrogen-bond acceptors (Lipinski definition) is 9. The average Bonchev–Trinajstić information content (AvgIpc) is 3.14. The van der Waals surface area contributed by atoms with Gasteiger partial charge in [-0.25, -0.2) is 19.7 Å². The highest BCUT2D eigenvalue weighted by atomic mass is 16.6. The maximum absolute atomic E-state index is 12.3. The average molecular weight is 464 g/mol. The normalized spacial score (nSPS) is 23.2. The fourth-order valence-corrected chi connectivity index (χ4v) is 3.90. The van der Waals surface area contributed by atoms with Crippen LogP contribution in [0.15, 0.2) is 12.7 Å². The molecule has 0 radical (unpaired) electrons. The first-order chi connectivity index (χ1) is 15.5. The first kappa shape index (κ1) is 24.6. The predicted octanol–water partition coefficient (Wildman–Crippen LogP) is 0.349. The fourth-order valence-electron chi connectivity index (χ4n) is 3.90. The van der Waals surface area contributed by atoms with Crippen molar-refractivity contribution in [3.05, 3.63) is 12.7 Å². The van der Waals surface area contributed by atoms with Gasteiger partial charge < -0.3 is 35.1 Å². The Balaban J connectivity index is 1.57. The second-order valence-electron chi connectivity index (χ2n) is 9.39. The molecular weight excluding hydrogens is 430 g/mol. The van der Waals surface area contributed by atoms with Crippen molar-refractivity contribution in [1.29, 1.82) is 0 Å². The lowest BCUT2D eigenvalue weighted by atomic mass is 9.85. The molecule has 3 rings (SSSR count). The van der Waals surface area contributed by atoms with Gasteiger partial charge in [0.1, 0.15) is 24.1 Å². The molecule has 1 fully saturated rings. The number of aliphatic hydroxyl groups is 2. The molecule has 0 bridgehead atoms. The molecule has 12 nitrogen and oxygen atoms in total. The van der Waals surface area contributed by atoms with E-state index in [9.17, 15) is 19.8 Å². The van der Waals surface area contributed by atoms with Gasteiger partial charge in [0.25, 0.3) is 0 Å². The fraction of sp³-hybridized carbons (Fsp3) is 0.667. The van der Waals surface area contributed by atoms with Crippen molar-refractivity contribution in [1.82, 2.24) is 30.2 Å². The van der Waals surface area contributed by atoms with Crippen molar-refractivity contribution in [3.8, 4) is 0 Å². The van der Waals surface area contributed by atoms with E-state index in [-0.39, 0.29) is 18.9 Å². The van der Waals surface area contributed by atoms with E-state index in [4.69, 9.17) is 4.74 Å². The maximum atomic E-state index is 12.3. The summed E-state index contributed by atoms with van der Waals surface area (Å²) in [5, 5.41) is 26.8. The number of ether oxygens (including phenoxy) is 1. The molecule has 0 unspecified atom stereocenters. The third-order valence-electron chi connectivity index (χ3n) is 5.42. The van der Waals surface area contributed by atoms with E-state index in [0.29, 0.717) is 29.8 Å². The van der Waals surface area contributed by atoms with Crippen LogP contribution in [0.5, 0.6) is 0 Å². The van der Waals surface area contributed by atoms with Crippen molar-refractivity contribution < 1.29 is 24.5 Å². The van der Waals surface area contributed by atoms with E-state index in [1.165, 1.54) is 6.33 Å². The SMILES string of the molecule is CN(C)c1ncnc2c1ncn2[C@@H]1CC[C@@H](NC(=O)CCNC(=O)OC(C)(C)C)[C@@H](O)[C@@H]1O. The van der Waals surface area contributed by atoms with E-state index in [1.807, 2.05) is 19.0 Å². The minimum absolute atomic E-state index is 0.0262. The number of imidazole rings is 1. The summed E-state index contributed by atoms with van der Waals surface area (Å²) >= 11 is 0. The highest BCUT2D eigenvalue weighted by molar-refractivity contribution is 5.83. The van der Waals surface area contributed by atoms with E-state index in [2.05, 4.69) is 25.6 Å². The van der Waals surface area contributed by atoms with Crippen LogP contribution in [0.25, 0.3) is 11.2 Å². The van der Waals surface area contributed by atoms with Gasteiger partial charge in [-0.05, 0) is 33.6 Å². The molecule has 0 aromatic carbocycles. The Hall–Kier alpha value is -2.99. The second-order valence-corrected chi connectivity index (χ2v) is 9.39. The van der Waals surface area contributed by atoms with Crippen LogP contribution in [0.2, 0.25) is 0 Å². The zero-order valence-electron chi connectivity index (χ0n) is 19.6. The van der Waals surface area contributed by atoms with Crippen molar-refractivity contribution in [2.45, 2.75) is 69.9 Å². The Kier molecular flexibility index (Phi) is 7.38. The molecule has 1 aliphatic rings. The Morgan fingerprint density at radius 2 is 1.91 bits per heavy atom. The van der Waals surface area contributed by atoms with Gasteiger partial charge in [-0.3, -0.25) is 4.79 Å². The molecule has 1 saturated carbocycles. The lowest BCUT2D eigenvalue weighted by Crippen LogP contribution is -2.54. The first-order valence-electron chi connectivity index (χ1n) is 10.9. The first-order valence-corrected chi connectivity index (χ1v) is 10.9. The van der Waals surface area contributed by atoms with Crippen LogP contribution in [-0.4, -0.2) is 86.2 Å². The summed E-state index contributed by atoms with van der Waals surface area (Å²) in [6.07, 6.45) is 1.13. The predicted molar refractivity (Wildman–Crippen MR) is 121 cm³/mol. The third-order valence-corrected chi connectivity index (χ3v) is 5.42. The number of carbonyl (C=O) groups excluding carboxylic acids is 2. The molecule has 1 aliphatic carbocycles. The van der Waals surface area contributed by atoms with Crippen molar-refractivity contribution >= 4 is 29.0 Å². The lowest BCUT2D eigenvalue weighted by Gasteiger charge is -2.38. The molecule has 4 atom stereocenters. The van der Waals surface area contributed by atoms with Crippen LogP contribution >= 0.6 is 0 Å². The zero-order valence-corrected chi connectivity index (χ0v) is 19.6. The number of aliphatic hydroxyl groups excluding tert-OH is 2. The van der Waals surface area contributed by atoms with E-state index < -0.39 is 36.0 Å². The molecule has 12 heteroatoms. The Morgan fingerprint density at radius 3 is 2.58 bits per heavy atom. The van der Waals surface area contributed by atoms with Crippen molar-refractivity contribution in [2.24, 2.45) is 0 Å². The van der Waals surface area contributed by atoms with Gasteiger partial charge in [-0.1, -0.05) is 0 Å². The van der Waals surface area contributed by atoms with Crippen LogP contribution in [0, 0.1) is 0 Å². The molecule has 0 spiro atoms. The topological polar surface area (TPSA) is 155 Å². The summed E-state index contributed by atoms with van der Waals surface area (Å²) in [6.45, 7) is 5.36. The summed E-state index contributed by atoms with van der Waals surface area (Å²) in [7, 11) is 3.71. The number of nitrogens with one attached hydrogen (secondary N) is 2. The number of nitrogens with zero attached hydrogens (tertiary/aromatic N) is 5. The van der Waals surface area contributed by atoms with E-state index in [0.717, 1.165) is 0 Å². The highest BCUT2D eigenvalue weighted by Gasteiger charge is 2.39. The molecule has 0 aliphatic heterocycles. The molecule has 33 heavy (non-hydrogen) atoms. The number of alkyl carbamates (subject to hydrolysis) is 1. The number of amides is 2. The van der Waals surface area contributed by atoms with Gasteiger partial charge in [0.05, 0.1) is 18.4 Å². The Morgan fingerprint density at radius 1 is 1.18 bits per heavy atom.